The minimum absolute atomic E-state index is 0.221. The number of fused-ring (bicyclic) bond motifs is 1. The summed E-state index contributed by atoms with van der Waals surface area (Å²) in [4.78, 5) is 42.6. The minimum Gasteiger partial charge on any atom is -0.495 e. The molecular weight excluding hydrogens is 480 g/mol. The molecule has 0 N–H and O–H groups in total. The zero-order chi connectivity index (χ0) is 25.5. The minimum atomic E-state index is -0.283. The number of anilines is 1. The molecule has 9 nitrogen and oxygen atoms in total. The van der Waals surface area contributed by atoms with Crippen molar-refractivity contribution in [2.45, 2.75) is 39.3 Å². The number of piperazine rings is 1. The third-order valence-corrected chi connectivity index (χ3v) is 7.48. The number of carbonyl (C=O) groups excluding carboxylic acids is 1. The summed E-state index contributed by atoms with van der Waals surface area (Å²) in [7, 11) is 1.68. The Hall–Kier alpha value is -3.11. The van der Waals surface area contributed by atoms with Gasteiger partial charge in [0.15, 0.2) is 0 Å². The number of nitrogens with zero attached hydrogens (tertiary/aromatic N) is 4. The molecule has 1 fully saturated rings. The molecule has 2 aromatic heterocycles. The molecule has 3 aromatic rings. The second kappa shape index (κ2) is 12.2. The van der Waals surface area contributed by atoms with Crippen LogP contribution >= 0.6 is 11.3 Å². The molecule has 0 bridgehead atoms. The van der Waals surface area contributed by atoms with E-state index in [1.807, 2.05) is 29.6 Å². The number of ether oxygens (including phenoxy) is 2. The van der Waals surface area contributed by atoms with E-state index in [2.05, 4.69) is 15.9 Å². The van der Waals surface area contributed by atoms with Gasteiger partial charge in [-0.15, -0.1) is 11.3 Å². The monoisotopic (exact) mass is 514 g/mol. The molecule has 194 valence electrons. The van der Waals surface area contributed by atoms with Crippen LogP contribution in [0.25, 0.3) is 10.2 Å². The maximum absolute atomic E-state index is 13.3. The van der Waals surface area contributed by atoms with Gasteiger partial charge in [-0.3, -0.25) is 23.6 Å². The number of carbonyl (C=O) groups is 1. The average molecular weight is 515 g/mol. The lowest BCUT2D eigenvalue weighted by molar-refractivity contribution is -0.143. The molecule has 1 aliphatic rings. The summed E-state index contributed by atoms with van der Waals surface area (Å²) in [5.41, 5.74) is 1.26. The van der Waals surface area contributed by atoms with E-state index in [-0.39, 0.29) is 17.2 Å². The Labute approximate surface area is 214 Å². The molecule has 0 aliphatic carbocycles. The van der Waals surface area contributed by atoms with E-state index in [9.17, 15) is 14.4 Å². The Bertz CT molecular complexity index is 1290. The fourth-order valence-corrected chi connectivity index (χ4v) is 5.51. The van der Waals surface area contributed by atoms with Crippen LogP contribution in [0.2, 0.25) is 0 Å². The smallest absolute Gasteiger partial charge is 0.331 e. The van der Waals surface area contributed by atoms with Crippen LogP contribution < -0.4 is 20.9 Å². The van der Waals surface area contributed by atoms with Gasteiger partial charge in [0.25, 0.3) is 5.56 Å². The summed E-state index contributed by atoms with van der Waals surface area (Å²) in [6.45, 7) is 6.99. The predicted octanol–water partition coefficient (Wildman–Crippen LogP) is 2.79. The number of aryl methyl sites for hydroxylation is 1. The van der Waals surface area contributed by atoms with Crippen LogP contribution in [-0.2, 0) is 22.6 Å². The van der Waals surface area contributed by atoms with Crippen molar-refractivity contribution in [1.82, 2.24) is 14.0 Å². The highest BCUT2D eigenvalue weighted by Gasteiger charge is 2.21. The Morgan fingerprint density at radius 1 is 0.972 bits per heavy atom. The number of esters is 1. The fourth-order valence-electron chi connectivity index (χ4n) is 4.66. The van der Waals surface area contributed by atoms with Gasteiger partial charge in [0.1, 0.15) is 10.4 Å². The van der Waals surface area contributed by atoms with Crippen molar-refractivity contribution in [1.29, 1.82) is 0 Å². The highest BCUT2D eigenvalue weighted by molar-refractivity contribution is 7.17. The van der Waals surface area contributed by atoms with E-state index < -0.39 is 0 Å². The van der Waals surface area contributed by atoms with Crippen LogP contribution in [0, 0.1) is 0 Å². The van der Waals surface area contributed by atoms with Gasteiger partial charge in [0, 0.05) is 52.2 Å². The second-order valence-corrected chi connectivity index (χ2v) is 9.70. The maximum Gasteiger partial charge on any atom is 0.331 e. The number of aromatic nitrogens is 2. The van der Waals surface area contributed by atoms with Gasteiger partial charge in [0.2, 0.25) is 0 Å². The summed E-state index contributed by atoms with van der Waals surface area (Å²) in [6.07, 6.45) is 1.62. The van der Waals surface area contributed by atoms with Crippen molar-refractivity contribution in [3.8, 4) is 5.75 Å². The quantitative estimate of drug-likeness (QED) is 0.287. The summed E-state index contributed by atoms with van der Waals surface area (Å²) >= 11 is 1.37. The standard InChI is InChI=1S/C26H34N4O5S/c1-3-35-23(31)10-6-7-12-29-21-11-19-36-24(21)25(32)30(26(29)33)18-15-27-13-16-28(17-14-27)20-8-4-5-9-22(20)34-2/h4-5,8-9,11,19H,3,6-7,10,12-18H2,1-2H3. The van der Waals surface area contributed by atoms with E-state index in [0.717, 1.165) is 37.6 Å². The Kier molecular flexibility index (Phi) is 8.82. The molecule has 36 heavy (non-hydrogen) atoms. The van der Waals surface area contributed by atoms with Crippen LogP contribution in [0.3, 0.4) is 0 Å². The zero-order valence-electron chi connectivity index (χ0n) is 21.0. The van der Waals surface area contributed by atoms with Gasteiger partial charge < -0.3 is 14.4 Å². The summed E-state index contributed by atoms with van der Waals surface area (Å²) in [6, 6.07) is 9.85. The summed E-state index contributed by atoms with van der Waals surface area (Å²) in [5.74, 6) is 0.644. The molecular formula is C26H34N4O5S. The molecule has 0 amide bonds. The molecule has 1 aliphatic heterocycles. The van der Waals surface area contributed by atoms with Crippen molar-refractivity contribution >= 4 is 33.2 Å². The Balaban J connectivity index is 1.40. The molecule has 0 unspecified atom stereocenters. The Morgan fingerprint density at radius 2 is 1.75 bits per heavy atom. The van der Waals surface area contributed by atoms with E-state index in [1.54, 1.807) is 18.6 Å². The van der Waals surface area contributed by atoms with E-state index in [1.165, 1.54) is 15.9 Å². The third-order valence-electron chi connectivity index (χ3n) is 6.59. The van der Waals surface area contributed by atoms with Crippen LogP contribution in [0.1, 0.15) is 26.2 Å². The van der Waals surface area contributed by atoms with Gasteiger partial charge in [-0.1, -0.05) is 12.1 Å². The number of benzene rings is 1. The maximum atomic E-state index is 13.3. The first-order valence-corrected chi connectivity index (χ1v) is 13.4. The molecule has 1 aromatic carbocycles. The molecule has 0 spiro atoms. The first kappa shape index (κ1) is 26.0. The molecule has 3 heterocycles. The van der Waals surface area contributed by atoms with Crippen molar-refractivity contribution in [3.63, 3.8) is 0 Å². The molecule has 0 radical (unpaired) electrons. The first-order chi connectivity index (χ1) is 17.5. The second-order valence-electron chi connectivity index (χ2n) is 8.79. The van der Waals surface area contributed by atoms with Crippen molar-refractivity contribution in [2.75, 3.05) is 51.3 Å². The first-order valence-electron chi connectivity index (χ1n) is 12.5. The molecule has 0 saturated carbocycles. The highest BCUT2D eigenvalue weighted by Crippen LogP contribution is 2.28. The topological polar surface area (TPSA) is 86.0 Å². The Morgan fingerprint density at radius 3 is 2.50 bits per heavy atom. The van der Waals surface area contributed by atoms with Gasteiger partial charge in [-0.05, 0) is 43.3 Å². The molecule has 0 atom stereocenters. The van der Waals surface area contributed by atoms with Crippen molar-refractivity contribution < 1.29 is 14.3 Å². The van der Waals surface area contributed by atoms with E-state index >= 15 is 0 Å². The van der Waals surface area contributed by atoms with Gasteiger partial charge in [-0.25, -0.2) is 4.79 Å². The van der Waals surface area contributed by atoms with Crippen LogP contribution in [-0.4, -0.2) is 66.4 Å². The van der Waals surface area contributed by atoms with E-state index in [4.69, 9.17) is 9.47 Å². The highest BCUT2D eigenvalue weighted by atomic mass is 32.1. The SMILES string of the molecule is CCOC(=O)CCCCn1c(=O)n(CCN2CCN(c3ccccc3OC)CC2)c(=O)c2sccc21. The van der Waals surface area contributed by atoms with Crippen molar-refractivity contribution in [2.24, 2.45) is 0 Å². The molecule has 4 rings (SSSR count). The number of thiophene rings is 1. The number of para-hydroxylation sites is 2. The number of hydrogen-bond donors (Lipinski definition) is 0. The third kappa shape index (κ3) is 5.82. The lowest BCUT2D eigenvalue weighted by Gasteiger charge is -2.36. The molecule has 10 heteroatoms. The normalized spacial score (nSPS) is 14.3. The fraction of sp³-hybridized carbons (Fsp3) is 0.500. The van der Waals surface area contributed by atoms with Crippen LogP contribution in [0.15, 0.2) is 45.3 Å². The van der Waals surface area contributed by atoms with Gasteiger partial charge in [-0.2, -0.15) is 0 Å². The largest absolute Gasteiger partial charge is 0.495 e. The number of rotatable bonds is 11. The zero-order valence-corrected chi connectivity index (χ0v) is 21.8. The number of methoxy groups -OCH3 is 1. The average Bonchev–Trinajstić information content (AvgIpc) is 3.39. The summed E-state index contributed by atoms with van der Waals surface area (Å²) in [5, 5.41) is 1.85. The van der Waals surface area contributed by atoms with E-state index in [0.29, 0.717) is 55.7 Å². The summed E-state index contributed by atoms with van der Waals surface area (Å²) < 4.78 is 14.1. The van der Waals surface area contributed by atoms with Crippen LogP contribution in [0.4, 0.5) is 5.69 Å². The number of hydrogen-bond acceptors (Lipinski definition) is 8. The predicted molar refractivity (Wildman–Crippen MR) is 142 cm³/mol. The van der Waals surface area contributed by atoms with Crippen molar-refractivity contribution in [3.05, 3.63) is 56.5 Å². The number of unbranched alkanes of at least 4 members (excludes halogenated alkanes) is 1. The lowest BCUT2D eigenvalue weighted by atomic mass is 10.2. The lowest BCUT2D eigenvalue weighted by Crippen LogP contribution is -2.49. The van der Waals surface area contributed by atoms with Crippen LogP contribution in [0.5, 0.6) is 5.75 Å². The molecule has 1 saturated heterocycles. The van der Waals surface area contributed by atoms with Gasteiger partial charge >= 0.3 is 11.7 Å². The van der Waals surface area contributed by atoms with Gasteiger partial charge in [0.05, 0.1) is 24.9 Å².